The van der Waals surface area contributed by atoms with Gasteiger partial charge in [0.25, 0.3) is 0 Å². The first-order valence-corrected chi connectivity index (χ1v) is 8.32. The summed E-state index contributed by atoms with van der Waals surface area (Å²) in [5.41, 5.74) is 6.54. The topological polar surface area (TPSA) is 92.5 Å². The number of nitrogens with two attached hydrogens (primary N) is 1. The molecule has 0 saturated heterocycles. The lowest BCUT2D eigenvalue weighted by Gasteiger charge is -2.16. The van der Waals surface area contributed by atoms with Gasteiger partial charge in [0.15, 0.2) is 0 Å². The molecule has 0 aromatic heterocycles. The van der Waals surface area contributed by atoms with Gasteiger partial charge < -0.3 is 11.1 Å². The summed E-state index contributed by atoms with van der Waals surface area (Å²) < 4.78 is 22.1. The third kappa shape index (κ3) is 6.23. The number of halogens is 1. The zero-order chi connectivity index (χ0) is 15.3. The summed E-state index contributed by atoms with van der Waals surface area (Å²) in [7, 11) is -1.36. The van der Waals surface area contributed by atoms with E-state index >= 15 is 0 Å². The van der Waals surface area contributed by atoms with Gasteiger partial charge in [-0.2, -0.15) is 0 Å². The Kier molecular flexibility index (Phi) is 5.79. The minimum Gasteiger partial charge on any atom is -0.399 e. The zero-order valence-corrected chi connectivity index (χ0v) is 13.0. The highest BCUT2D eigenvalue weighted by Gasteiger charge is 2.11. The van der Waals surface area contributed by atoms with Crippen LogP contribution in [0, 0.1) is 0 Å². The van der Waals surface area contributed by atoms with Crippen molar-refractivity contribution in [1.82, 2.24) is 4.90 Å². The van der Waals surface area contributed by atoms with Gasteiger partial charge in [-0.25, -0.2) is 8.42 Å². The van der Waals surface area contributed by atoms with E-state index in [1.807, 2.05) is 0 Å². The molecular formula is C12H18ClN3O3S. The SMILES string of the molecule is CN(CCS(C)(=O)=O)CC(=O)Nc1ccc(N)cc1Cl. The number of carbonyl (C=O) groups excluding carboxylic acids is 1. The molecule has 0 heterocycles. The predicted molar refractivity (Wildman–Crippen MR) is 81.7 cm³/mol. The lowest BCUT2D eigenvalue weighted by atomic mass is 10.3. The first-order chi connectivity index (χ1) is 9.17. The van der Waals surface area contributed by atoms with Crippen LogP contribution in [-0.4, -0.2) is 51.4 Å². The van der Waals surface area contributed by atoms with E-state index in [-0.39, 0.29) is 18.2 Å². The van der Waals surface area contributed by atoms with Crippen LogP contribution in [0.5, 0.6) is 0 Å². The number of hydrogen-bond donors (Lipinski definition) is 2. The van der Waals surface area contributed by atoms with Gasteiger partial charge in [0.05, 0.1) is 23.0 Å². The van der Waals surface area contributed by atoms with Crippen LogP contribution in [0.1, 0.15) is 0 Å². The first kappa shape index (κ1) is 16.7. The molecule has 1 rings (SSSR count). The molecule has 0 spiro atoms. The van der Waals surface area contributed by atoms with Gasteiger partial charge in [0.2, 0.25) is 5.91 Å². The van der Waals surface area contributed by atoms with Crippen LogP contribution >= 0.6 is 11.6 Å². The highest BCUT2D eigenvalue weighted by molar-refractivity contribution is 7.90. The summed E-state index contributed by atoms with van der Waals surface area (Å²) in [6, 6.07) is 4.80. The molecule has 3 N–H and O–H groups in total. The molecule has 0 bridgehead atoms. The van der Waals surface area contributed by atoms with E-state index in [0.29, 0.717) is 22.9 Å². The summed E-state index contributed by atoms with van der Waals surface area (Å²) in [6.07, 6.45) is 1.16. The molecular weight excluding hydrogens is 302 g/mol. The Balaban J connectivity index is 2.51. The van der Waals surface area contributed by atoms with Crippen LogP contribution < -0.4 is 11.1 Å². The summed E-state index contributed by atoms with van der Waals surface area (Å²) in [4.78, 5) is 13.4. The molecule has 1 aromatic rings. The van der Waals surface area contributed by atoms with Crippen LogP contribution in [0.15, 0.2) is 18.2 Å². The van der Waals surface area contributed by atoms with Crippen LogP contribution in [0.3, 0.4) is 0 Å². The molecule has 0 atom stereocenters. The van der Waals surface area contributed by atoms with Crippen molar-refractivity contribution in [1.29, 1.82) is 0 Å². The Hall–Kier alpha value is -1.31. The minimum absolute atomic E-state index is 0.0133. The molecule has 0 aliphatic rings. The molecule has 1 aromatic carbocycles. The fraction of sp³-hybridized carbons (Fsp3) is 0.417. The molecule has 0 unspecified atom stereocenters. The smallest absolute Gasteiger partial charge is 0.238 e. The van der Waals surface area contributed by atoms with Crippen molar-refractivity contribution in [2.24, 2.45) is 0 Å². The lowest BCUT2D eigenvalue weighted by molar-refractivity contribution is -0.117. The molecule has 1 amide bonds. The Labute approximate surface area is 123 Å². The number of likely N-dealkylation sites (N-methyl/N-ethyl adjacent to an activating group) is 1. The normalized spacial score (nSPS) is 11.6. The summed E-state index contributed by atoms with van der Waals surface area (Å²) in [5, 5.41) is 3.01. The van der Waals surface area contributed by atoms with Gasteiger partial charge in [-0.05, 0) is 25.2 Å². The fourth-order valence-electron chi connectivity index (χ4n) is 1.47. The molecule has 0 aliphatic carbocycles. The van der Waals surface area contributed by atoms with Gasteiger partial charge in [-0.15, -0.1) is 0 Å². The average molecular weight is 320 g/mol. The van der Waals surface area contributed by atoms with E-state index in [2.05, 4.69) is 5.32 Å². The van der Waals surface area contributed by atoms with E-state index in [1.165, 1.54) is 0 Å². The van der Waals surface area contributed by atoms with Crippen LogP contribution in [0.25, 0.3) is 0 Å². The number of nitrogens with zero attached hydrogens (tertiary/aromatic N) is 1. The molecule has 0 saturated carbocycles. The van der Waals surface area contributed by atoms with E-state index in [1.54, 1.807) is 30.1 Å². The van der Waals surface area contributed by atoms with Gasteiger partial charge in [0.1, 0.15) is 9.84 Å². The van der Waals surface area contributed by atoms with E-state index < -0.39 is 9.84 Å². The molecule has 20 heavy (non-hydrogen) atoms. The van der Waals surface area contributed by atoms with Crippen molar-refractivity contribution in [3.05, 3.63) is 23.2 Å². The van der Waals surface area contributed by atoms with Crippen molar-refractivity contribution in [2.45, 2.75) is 0 Å². The molecule has 8 heteroatoms. The minimum atomic E-state index is -3.03. The fourth-order valence-corrected chi connectivity index (χ4v) is 2.35. The first-order valence-electron chi connectivity index (χ1n) is 5.88. The second kappa shape index (κ2) is 6.92. The predicted octanol–water partition coefficient (Wildman–Crippen LogP) is 0.837. The van der Waals surface area contributed by atoms with Gasteiger partial charge >= 0.3 is 0 Å². The number of benzene rings is 1. The Morgan fingerprint density at radius 2 is 2.10 bits per heavy atom. The second-order valence-electron chi connectivity index (χ2n) is 4.66. The van der Waals surface area contributed by atoms with Crippen molar-refractivity contribution < 1.29 is 13.2 Å². The van der Waals surface area contributed by atoms with E-state index in [4.69, 9.17) is 17.3 Å². The highest BCUT2D eigenvalue weighted by atomic mass is 35.5. The molecule has 0 aliphatic heterocycles. The number of carbonyl (C=O) groups is 1. The average Bonchev–Trinajstić information content (AvgIpc) is 2.29. The largest absolute Gasteiger partial charge is 0.399 e. The number of hydrogen-bond acceptors (Lipinski definition) is 5. The van der Waals surface area contributed by atoms with Crippen LogP contribution in [-0.2, 0) is 14.6 Å². The standard InChI is InChI=1S/C12H18ClN3O3S/c1-16(5-6-20(2,18)19)8-12(17)15-11-4-3-9(14)7-10(11)13/h3-4,7H,5-6,8,14H2,1-2H3,(H,15,17). The number of sulfone groups is 1. The maximum Gasteiger partial charge on any atom is 0.238 e. The quantitative estimate of drug-likeness (QED) is 0.758. The van der Waals surface area contributed by atoms with Crippen molar-refractivity contribution in [3.63, 3.8) is 0 Å². The van der Waals surface area contributed by atoms with Gasteiger partial charge in [-0.1, -0.05) is 11.6 Å². The van der Waals surface area contributed by atoms with E-state index in [9.17, 15) is 13.2 Å². The monoisotopic (exact) mass is 319 g/mol. The second-order valence-corrected chi connectivity index (χ2v) is 7.32. The van der Waals surface area contributed by atoms with Crippen molar-refractivity contribution >= 4 is 38.7 Å². The number of anilines is 2. The summed E-state index contributed by atoms with van der Waals surface area (Å²) in [5.74, 6) is -0.257. The summed E-state index contributed by atoms with van der Waals surface area (Å²) >= 11 is 5.94. The lowest BCUT2D eigenvalue weighted by Crippen LogP contribution is -2.33. The Morgan fingerprint density at radius 1 is 1.45 bits per heavy atom. The number of rotatable bonds is 6. The molecule has 0 radical (unpaired) electrons. The third-order valence-corrected chi connectivity index (χ3v) is 3.76. The molecule has 112 valence electrons. The maximum absolute atomic E-state index is 11.8. The highest BCUT2D eigenvalue weighted by Crippen LogP contribution is 2.23. The number of nitrogen functional groups attached to an aromatic ring is 1. The van der Waals surface area contributed by atoms with Crippen molar-refractivity contribution in [3.8, 4) is 0 Å². The summed E-state index contributed by atoms with van der Waals surface area (Å²) in [6.45, 7) is 0.373. The molecule has 6 nitrogen and oxygen atoms in total. The van der Waals surface area contributed by atoms with E-state index in [0.717, 1.165) is 6.26 Å². The molecule has 0 fully saturated rings. The number of nitrogens with one attached hydrogen (secondary N) is 1. The Morgan fingerprint density at radius 3 is 2.65 bits per heavy atom. The van der Waals surface area contributed by atoms with Gasteiger partial charge in [-0.3, -0.25) is 9.69 Å². The van der Waals surface area contributed by atoms with Crippen molar-refractivity contribution in [2.75, 3.05) is 43.2 Å². The maximum atomic E-state index is 11.8. The number of amides is 1. The Bertz CT molecular complexity index is 590. The van der Waals surface area contributed by atoms with Crippen LogP contribution in [0.2, 0.25) is 5.02 Å². The van der Waals surface area contributed by atoms with Crippen LogP contribution in [0.4, 0.5) is 11.4 Å². The third-order valence-electron chi connectivity index (χ3n) is 2.52. The zero-order valence-electron chi connectivity index (χ0n) is 11.4. The van der Waals surface area contributed by atoms with Gasteiger partial charge in [0, 0.05) is 18.5 Å².